The molecule has 2 saturated carbocycles. The molecule has 77 heavy (non-hydrogen) atoms. The quantitative estimate of drug-likeness (QED) is 0.0519. The Hall–Kier alpha value is -5.32. The molecule has 0 heterocycles. The van der Waals surface area contributed by atoms with E-state index in [0.717, 1.165) is 150 Å². The second-order valence-electron chi connectivity index (χ2n) is 23.3. The van der Waals surface area contributed by atoms with Gasteiger partial charge in [-0.15, -0.1) is 0 Å². The molecule has 416 valence electrons. The van der Waals surface area contributed by atoms with E-state index in [1.165, 1.54) is 16.7 Å². The van der Waals surface area contributed by atoms with Gasteiger partial charge in [-0.1, -0.05) is 128 Å². The number of aryl methyl sites for hydroxylation is 2. The Balaban J connectivity index is 1.41. The van der Waals surface area contributed by atoms with Crippen molar-refractivity contribution in [3.8, 4) is 39.9 Å². The molecule has 0 radical (unpaired) electrons. The third kappa shape index (κ3) is 13.2. The topological polar surface area (TPSA) is 101 Å². The summed E-state index contributed by atoms with van der Waals surface area (Å²) >= 11 is 0. The summed E-state index contributed by atoms with van der Waals surface area (Å²) in [6.07, 6.45) is 11.4. The number of carbonyl (C=O) groups is 1. The molecule has 0 saturated heterocycles. The summed E-state index contributed by atoms with van der Waals surface area (Å²) in [7, 11) is -4.29. The van der Waals surface area contributed by atoms with Gasteiger partial charge in [0.1, 0.15) is 34.5 Å². The Bertz CT molecular complexity index is 2950. The van der Waals surface area contributed by atoms with Gasteiger partial charge in [0.15, 0.2) is 0 Å². The monoisotopic (exact) mass is 1070 g/mol. The number of fused-ring (bicyclic) bond motifs is 10. The van der Waals surface area contributed by atoms with Gasteiger partial charge in [-0.2, -0.15) is 8.42 Å². The molecule has 5 aromatic carbocycles. The van der Waals surface area contributed by atoms with Gasteiger partial charge in [0.05, 0.1) is 37.6 Å². The maximum Gasteiger partial charge on any atom is 0.310 e. The van der Waals surface area contributed by atoms with Crippen molar-refractivity contribution in [1.82, 2.24) is 4.90 Å². The normalized spacial score (nSPS) is 17.7. The molecular weight excluding hydrogens is 979 g/mol. The van der Waals surface area contributed by atoms with E-state index in [0.29, 0.717) is 70.7 Å². The number of ether oxygens (including phenoxy) is 4. The third-order valence-electron chi connectivity index (χ3n) is 16.7. The molecule has 0 unspecified atom stereocenters. The lowest BCUT2D eigenvalue weighted by atomic mass is 9.70. The zero-order valence-electron chi connectivity index (χ0n) is 48.4. The van der Waals surface area contributed by atoms with Crippen molar-refractivity contribution in [2.45, 2.75) is 172 Å². The number of hydrogen-bond acceptors (Lipinski definition) is 9. The van der Waals surface area contributed by atoms with Gasteiger partial charge in [0.2, 0.25) is 0 Å². The van der Waals surface area contributed by atoms with Crippen LogP contribution in [0, 0.1) is 30.6 Å². The standard InChI is InChI=1S/C67H89NO8S/c1-11-17-24-68(25-18-12-2)44-48-33-53-35-49-20-19-21-50(62(49)72-26-13-3)36-55-37-52(51-31-46(7)30-47(8)32-51)38-56(64(55)74-28-15-5)40-58-42-60(76-77(70,71)45-67-23-22-59(43-61(67)69)66(67,9)10)41-57(65(58)75-29-16-6)39-54(34-48)63(53)73-27-14-4/h19-21,30-34,37-38,41-42,59H,11-18,22-29,35-36,39-40,43-45H2,1-10H3/t59-,67-/m1/s1. The number of carbonyl (C=O) groups excluding carboxylic acids is 1. The Morgan fingerprint density at radius 1 is 0.558 bits per heavy atom. The fourth-order valence-electron chi connectivity index (χ4n) is 12.7. The first-order valence-corrected chi connectivity index (χ1v) is 31.0. The van der Waals surface area contributed by atoms with Gasteiger partial charge in [-0.3, -0.25) is 9.69 Å². The van der Waals surface area contributed by atoms with Crippen molar-refractivity contribution < 1.29 is 36.3 Å². The van der Waals surface area contributed by atoms with E-state index >= 15 is 0 Å². The number of hydrogen-bond donors (Lipinski definition) is 0. The lowest BCUT2D eigenvalue weighted by Crippen LogP contribution is -2.43. The molecule has 0 spiro atoms. The molecule has 3 aliphatic carbocycles. The molecular formula is C67H89NO8S. The van der Waals surface area contributed by atoms with Gasteiger partial charge >= 0.3 is 10.1 Å². The highest BCUT2D eigenvalue weighted by atomic mass is 32.2. The van der Waals surface area contributed by atoms with Gasteiger partial charge in [-0.25, -0.2) is 0 Å². The summed E-state index contributed by atoms with van der Waals surface area (Å²) in [6, 6.07) is 26.3. The van der Waals surface area contributed by atoms with Crippen molar-refractivity contribution in [2.75, 3.05) is 45.3 Å². The number of Topliss-reactive ketones (excluding diaryl/α,β-unsaturated/α-hetero) is 1. The summed E-state index contributed by atoms with van der Waals surface area (Å²) < 4.78 is 63.8. The molecule has 0 N–H and O–H groups in total. The molecule has 2 fully saturated rings. The zero-order valence-corrected chi connectivity index (χ0v) is 49.2. The minimum Gasteiger partial charge on any atom is -0.493 e. The smallest absolute Gasteiger partial charge is 0.310 e. The third-order valence-corrected chi connectivity index (χ3v) is 18.0. The average molecular weight is 1070 g/mol. The van der Waals surface area contributed by atoms with Crippen LogP contribution in [0.2, 0.25) is 0 Å². The van der Waals surface area contributed by atoms with Crippen molar-refractivity contribution in [2.24, 2.45) is 16.7 Å². The van der Waals surface area contributed by atoms with Crippen LogP contribution in [0.5, 0.6) is 28.7 Å². The lowest BCUT2D eigenvalue weighted by Gasteiger charge is -2.35. The Morgan fingerprint density at radius 3 is 1.42 bits per heavy atom. The van der Waals surface area contributed by atoms with Crippen LogP contribution in [0.4, 0.5) is 0 Å². The van der Waals surface area contributed by atoms with Crippen LogP contribution in [-0.4, -0.2) is 64.4 Å². The molecule has 10 heteroatoms. The van der Waals surface area contributed by atoms with Gasteiger partial charge in [0.25, 0.3) is 0 Å². The highest BCUT2D eigenvalue weighted by Gasteiger charge is 2.65. The zero-order chi connectivity index (χ0) is 54.9. The molecule has 10 bridgehead atoms. The van der Waals surface area contributed by atoms with Crippen LogP contribution in [0.3, 0.4) is 0 Å². The molecule has 9 nitrogen and oxygen atoms in total. The first-order valence-electron chi connectivity index (χ1n) is 29.4. The summed E-state index contributed by atoms with van der Waals surface area (Å²) in [5, 5.41) is 0. The molecule has 2 atom stereocenters. The number of unbranched alkanes of at least 4 members (excludes halogenated alkanes) is 2. The van der Waals surface area contributed by atoms with E-state index in [4.69, 9.17) is 23.1 Å². The van der Waals surface area contributed by atoms with Crippen molar-refractivity contribution in [3.63, 3.8) is 0 Å². The molecule has 8 rings (SSSR count). The van der Waals surface area contributed by atoms with Crippen LogP contribution in [0.15, 0.2) is 72.8 Å². The molecule has 5 aromatic rings. The fourth-order valence-corrected chi connectivity index (χ4v) is 14.4. The Morgan fingerprint density at radius 2 is 0.987 bits per heavy atom. The predicted octanol–water partition coefficient (Wildman–Crippen LogP) is 15.3. The summed E-state index contributed by atoms with van der Waals surface area (Å²) in [6.45, 7) is 26.4. The van der Waals surface area contributed by atoms with Crippen LogP contribution >= 0.6 is 0 Å². The first kappa shape index (κ1) is 57.8. The number of benzene rings is 5. The minimum absolute atomic E-state index is 0.0383. The van der Waals surface area contributed by atoms with Crippen molar-refractivity contribution in [3.05, 3.63) is 134 Å². The molecule has 0 amide bonds. The minimum atomic E-state index is -4.29. The van der Waals surface area contributed by atoms with Crippen LogP contribution in [0.25, 0.3) is 11.1 Å². The fraction of sp³-hybridized carbons (Fsp3) is 0.537. The number of para-hydroxylation sites is 1. The summed E-state index contributed by atoms with van der Waals surface area (Å²) in [5.41, 5.74) is 12.1. The van der Waals surface area contributed by atoms with Crippen LogP contribution in [-0.2, 0) is 47.1 Å². The van der Waals surface area contributed by atoms with E-state index in [2.05, 4.69) is 135 Å². The van der Waals surface area contributed by atoms with E-state index in [1.807, 2.05) is 12.1 Å². The lowest BCUT2D eigenvalue weighted by molar-refractivity contribution is -0.128. The second-order valence-corrected chi connectivity index (χ2v) is 24.8. The number of ketones is 1. The van der Waals surface area contributed by atoms with Gasteiger partial charge < -0.3 is 23.1 Å². The number of rotatable bonds is 25. The summed E-state index contributed by atoms with van der Waals surface area (Å²) in [5.74, 6) is 3.31. The SMILES string of the molecule is CCCCN(CCCC)Cc1cc2c(OCCC)c(c1)Cc1cc(OS(=O)(=O)C[C@]34CC[C@H](CC3=O)C4(C)C)cc(c1OCCC)Cc1cc(-c3cc(C)cc(C)c3)cc(c1OCCC)Cc1cccc(c1OCCC)C2. The maximum absolute atomic E-state index is 14.8. The average Bonchev–Trinajstić information content (AvgIpc) is 4.01. The van der Waals surface area contributed by atoms with Gasteiger partial charge in [-0.05, 0) is 164 Å². The maximum atomic E-state index is 14.8. The van der Waals surface area contributed by atoms with E-state index in [9.17, 15) is 13.2 Å². The highest BCUT2D eigenvalue weighted by Crippen LogP contribution is 2.64. The van der Waals surface area contributed by atoms with Crippen LogP contribution < -0.4 is 23.1 Å². The summed E-state index contributed by atoms with van der Waals surface area (Å²) in [4.78, 5) is 16.4. The van der Waals surface area contributed by atoms with Gasteiger partial charge in [0, 0.05) is 49.8 Å². The number of nitrogens with zero attached hydrogens (tertiary/aromatic N) is 1. The highest BCUT2D eigenvalue weighted by molar-refractivity contribution is 7.87. The predicted molar refractivity (Wildman–Crippen MR) is 313 cm³/mol. The first-order chi connectivity index (χ1) is 37.0. The van der Waals surface area contributed by atoms with E-state index in [-0.39, 0.29) is 23.2 Å². The molecule has 0 aliphatic heterocycles. The van der Waals surface area contributed by atoms with Crippen molar-refractivity contribution in [1.29, 1.82) is 0 Å². The second kappa shape index (κ2) is 25.6. The van der Waals surface area contributed by atoms with E-state index < -0.39 is 20.9 Å². The molecule has 3 aliphatic rings. The Labute approximate surface area is 462 Å². The molecule has 0 aromatic heterocycles. The Kier molecular flexibility index (Phi) is 19.3. The largest absolute Gasteiger partial charge is 0.493 e. The van der Waals surface area contributed by atoms with E-state index in [1.54, 1.807) is 0 Å². The van der Waals surface area contributed by atoms with Crippen molar-refractivity contribution >= 4 is 15.9 Å². The van der Waals surface area contributed by atoms with Crippen LogP contribution in [0.1, 0.15) is 187 Å².